The molecule has 1 aromatic rings. The van der Waals surface area contributed by atoms with Crippen molar-refractivity contribution in [1.29, 1.82) is 0 Å². The molecule has 5 nitrogen and oxygen atoms in total. The predicted molar refractivity (Wildman–Crippen MR) is 77.3 cm³/mol. The fourth-order valence-corrected chi connectivity index (χ4v) is 3.46. The second kappa shape index (κ2) is 7.29. The number of hydrogen-bond donors (Lipinski definition) is 2. The number of aromatic nitrogens is 1. The Hall–Kier alpha value is -1.64. The fourth-order valence-electron chi connectivity index (χ4n) is 2.69. The summed E-state index contributed by atoms with van der Waals surface area (Å²) in [7, 11) is 0. The van der Waals surface area contributed by atoms with Crippen molar-refractivity contribution in [2.75, 3.05) is 6.54 Å². The molecule has 0 bridgehead atoms. The Kier molecular flexibility index (Phi) is 5.61. The Morgan fingerprint density at radius 2 is 2.13 bits per heavy atom. The maximum absolute atomic E-state index is 12.7. The molecular formula is C14H17F3N2O3S. The van der Waals surface area contributed by atoms with Crippen LogP contribution in [0.5, 0.6) is 0 Å². The molecule has 2 unspecified atom stereocenters. The average molecular weight is 350 g/mol. The number of thiazole rings is 1. The maximum Gasteiger partial charge on any atom is 0.391 e. The van der Waals surface area contributed by atoms with Gasteiger partial charge in [0.25, 0.3) is 0 Å². The molecule has 0 radical (unpaired) electrons. The predicted octanol–water partition coefficient (Wildman–Crippen LogP) is 2.87. The third-order valence-electron chi connectivity index (χ3n) is 3.92. The molecule has 2 atom stereocenters. The van der Waals surface area contributed by atoms with Gasteiger partial charge in [0.2, 0.25) is 5.91 Å². The molecule has 0 aromatic carbocycles. The first-order valence-corrected chi connectivity index (χ1v) is 8.17. The number of carboxylic acid groups (broad SMARTS) is 1. The molecule has 0 saturated heterocycles. The van der Waals surface area contributed by atoms with E-state index in [1.807, 2.05) is 0 Å². The minimum Gasteiger partial charge on any atom is -0.476 e. The monoisotopic (exact) mass is 350 g/mol. The fraction of sp³-hybridized carbons (Fsp3) is 0.643. The summed E-state index contributed by atoms with van der Waals surface area (Å²) in [6.07, 6.45) is -3.08. The molecule has 1 aliphatic rings. The lowest BCUT2D eigenvalue weighted by Crippen LogP contribution is -2.38. The number of halogens is 3. The quantitative estimate of drug-likeness (QED) is 0.856. The summed E-state index contributed by atoms with van der Waals surface area (Å²) in [4.78, 5) is 26.6. The number of carbonyl (C=O) groups is 2. The number of rotatable bonds is 5. The van der Waals surface area contributed by atoms with Crippen molar-refractivity contribution in [3.63, 3.8) is 0 Å². The molecular weight excluding hydrogens is 333 g/mol. The second-order valence-electron chi connectivity index (χ2n) is 5.57. The van der Waals surface area contributed by atoms with E-state index in [0.717, 1.165) is 0 Å². The van der Waals surface area contributed by atoms with E-state index in [1.165, 1.54) is 16.7 Å². The lowest BCUT2D eigenvalue weighted by molar-refractivity contribution is -0.186. The second-order valence-corrected chi connectivity index (χ2v) is 6.52. The van der Waals surface area contributed by atoms with E-state index in [0.29, 0.717) is 24.3 Å². The van der Waals surface area contributed by atoms with Gasteiger partial charge >= 0.3 is 12.1 Å². The topological polar surface area (TPSA) is 79.3 Å². The van der Waals surface area contributed by atoms with E-state index in [2.05, 4.69) is 10.3 Å². The molecule has 1 aromatic heterocycles. The number of carboxylic acids is 1. The van der Waals surface area contributed by atoms with E-state index in [1.54, 1.807) is 0 Å². The highest BCUT2D eigenvalue weighted by molar-refractivity contribution is 7.09. The minimum atomic E-state index is -4.24. The van der Waals surface area contributed by atoms with E-state index >= 15 is 0 Å². The van der Waals surface area contributed by atoms with Gasteiger partial charge in [0.15, 0.2) is 5.69 Å². The molecule has 0 spiro atoms. The normalized spacial score (nSPS) is 21.9. The number of nitrogens with zero attached hydrogens (tertiary/aromatic N) is 1. The molecule has 2 rings (SSSR count). The van der Waals surface area contributed by atoms with Gasteiger partial charge in [-0.1, -0.05) is 6.42 Å². The third-order valence-corrected chi connectivity index (χ3v) is 4.83. The van der Waals surface area contributed by atoms with Crippen LogP contribution in [-0.2, 0) is 11.2 Å². The van der Waals surface area contributed by atoms with E-state index < -0.39 is 24.0 Å². The molecule has 2 N–H and O–H groups in total. The Bertz CT molecular complexity index is 574. The van der Waals surface area contributed by atoms with Crippen LogP contribution >= 0.6 is 11.3 Å². The van der Waals surface area contributed by atoms with Crippen LogP contribution in [0, 0.1) is 11.8 Å². The zero-order valence-corrected chi connectivity index (χ0v) is 13.0. The standard InChI is InChI=1S/C14H17F3N2O3S/c15-14(16,17)9-3-1-2-8(6-9)12(20)18-5-4-11-19-10(7-23-11)13(21)22/h7-9H,1-6H2,(H,18,20)(H,21,22). The van der Waals surface area contributed by atoms with Crippen molar-refractivity contribution < 1.29 is 27.9 Å². The van der Waals surface area contributed by atoms with Crippen LogP contribution in [0.2, 0.25) is 0 Å². The van der Waals surface area contributed by atoms with Gasteiger partial charge in [0, 0.05) is 24.3 Å². The van der Waals surface area contributed by atoms with Crippen molar-refractivity contribution in [2.24, 2.45) is 11.8 Å². The first-order valence-electron chi connectivity index (χ1n) is 7.29. The Balaban J connectivity index is 1.79. The molecule has 1 amide bonds. The number of carbonyl (C=O) groups excluding carboxylic acids is 1. The van der Waals surface area contributed by atoms with Crippen molar-refractivity contribution in [2.45, 2.75) is 38.3 Å². The summed E-state index contributed by atoms with van der Waals surface area (Å²) in [6, 6.07) is 0. The van der Waals surface area contributed by atoms with Crippen LogP contribution in [0.15, 0.2) is 5.38 Å². The summed E-state index contributed by atoms with van der Waals surface area (Å²) >= 11 is 1.18. The zero-order valence-electron chi connectivity index (χ0n) is 12.2. The molecule has 1 aliphatic carbocycles. The van der Waals surface area contributed by atoms with E-state index in [4.69, 9.17) is 5.11 Å². The highest BCUT2D eigenvalue weighted by Gasteiger charge is 2.43. The van der Waals surface area contributed by atoms with Gasteiger partial charge < -0.3 is 10.4 Å². The van der Waals surface area contributed by atoms with Crippen molar-refractivity contribution >= 4 is 23.2 Å². The summed E-state index contributed by atoms with van der Waals surface area (Å²) in [5.74, 6) is -3.49. The highest BCUT2D eigenvalue weighted by Crippen LogP contribution is 2.39. The van der Waals surface area contributed by atoms with E-state index in [9.17, 15) is 22.8 Å². The Morgan fingerprint density at radius 1 is 1.39 bits per heavy atom. The molecule has 0 aliphatic heterocycles. The highest BCUT2D eigenvalue weighted by atomic mass is 32.1. The summed E-state index contributed by atoms with van der Waals surface area (Å²) in [5.41, 5.74) is -0.0448. The number of hydrogen-bond acceptors (Lipinski definition) is 4. The van der Waals surface area contributed by atoms with Crippen molar-refractivity contribution in [3.05, 3.63) is 16.1 Å². The third kappa shape index (κ3) is 4.92. The Labute approximate surface area is 134 Å². The maximum atomic E-state index is 12.7. The average Bonchev–Trinajstić information content (AvgIpc) is 2.95. The van der Waals surface area contributed by atoms with Gasteiger partial charge in [-0.15, -0.1) is 11.3 Å². The van der Waals surface area contributed by atoms with Crippen molar-refractivity contribution in [3.8, 4) is 0 Å². The van der Waals surface area contributed by atoms with Crippen LogP contribution in [0.3, 0.4) is 0 Å². The van der Waals surface area contributed by atoms with Gasteiger partial charge in [-0.3, -0.25) is 4.79 Å². The molecule has 1 heterocycles. The van der Waals surface area contributed by atoms with Crippen LogP contribution in [-0.4, -0.2) is 34.7 Å². The van der Waals surface area contributed by atoms with Gasteiger partial charge in [0.05, 0.1) is 10.9 Å². The summed E-state index contributed by atoms with van der Waals surface area (Å²) in [6.45, 7) is 0.235. The lowest BCUT2D eigenvalue weighted by Gasteiger charge is -2.29. The summed E-state index contributed by atoms with van der Waals surface area (Å²) in [5, 5.41) is 13.4. The van der Waals surface area contributed by atoms with Gasteiger partial charge in [-0.05, 0) is 19.3 Å². The van der Waals surface area contributed by atoms with Gasteiger partial charge in [-0.2, -0.15) is 13.2 Å². The van der Waals surface area contributed by atoms with Gasteiger partial charge in [0.1, 0.15) is 0 Å². The number of amides is 1. The molecule has 23 heavy (non-hydrogen) atoms. The SMILES string of the molecule is O=C(O)c1csc(CCNC(=O)C2CCCC(C(F)(F)F)C2)n1. The first kappa shape index (κ1) is 17.7. The first-order chi connectivity index (χ1) is 10.8. The number of aromatic carboxylic acids is 1. The lowest BCUT2D eigenvalue weighted by atomic mass is 9.80. The van der Waals surface area contributed by atoms with Crippen LogP contribution < -0.4 is 5.32 Å². The zero-order chi connectivity index (χ0) is 17.0. The Morgan fingerprint density at radius 3 is 2.74 bits per heavy atom. The summed E-state index contributed by atoms with van der Waals surface area (Å²) < 4.78 is 38.2. The smallest absolute Gasteiger partial charge is 0.391 e. The molecule has 9 heteroatoms. The van der Waals surface area contributed by atoms with E-state index in [-0.39, 0.29) is 31.0 Å². The van der Waals surface area contributed by atoms with Crippen LogP contribution in [0.1, 0.15) is 41.2 Å². The van der Waals surface area contributed by atoms with Gasteiger partial charge in [-0.25, -0.2) is 9.78 Å². The number of alkyl halides is 3. The molecule has 1 fully saturated rings. The molecule has 128 valence electrons. The van der Waals surface area contributed by atoms with Crippen LogP contribution in [0.4, 0.5) is 13.2 Å². The van der Waals surface area contributed by atoms with Crippen molar-refractivity contribution in [1.82, 2.24) is 10.3 Å². The molecule has 1 saturated carbocycles. The minimum absolute atomic E-state index is 0.0448. The number of nitrogens with one attached hydrogen (secondary N) is 1. The largest absolute Gasteiger partial charge is 0.476 e. The van der Waals surface area contributed by atoms with Crippen LogP contribution in [0.25, 0.3) is 0 Å².